The maximum atomic E-state index is 14.1. The van der Waals surface area contributed by atoms with E-state index in [1.807, 2.05) is 35.8 Å². The number of halogens is 1. The molecule has 3 heterocycles. The number of hydrogen-bond acceptors (Lipinski definition) is 6. The first-order valence-corrected chi connectivity index (χ1v) is 14.1. The van der Waals surface area contributed by atoms with Crippen molar-refractivity contribution >= 4 is 23.3 Å². The Balaban J connectivity index is 1.42. The molecule has 2 N–H and O–H groups in total. The molecule has 2 amide bonds. The number of likely N-dealkylation sites (tertiary alicyclic amines) is 1. The molecule has 1 saturated heterocycles. The van der Waals surface area contributed by atoms with E-state index in [1.165, 1.54) is 12.5 Å². The van der Waals surface area contributed by atoms with Gasteiger partial charge in [0.2, 0.25) is 11.8 Å². The molecule has 38 heavy (non-hydrogen) atoms. The highest BCUT2D eigenvalue weighted by molar-refractivity contribution is 5.90. The van der Waals surface area contributed by atoms with Gasteiger partial charge >= 0.3 is 0 Å². The minimum Gasteiger partial charge on any atom is -0.343 e. The van der Waals surface area contributed by atoms with Crippen LogP contribution in [0.15, 0.2) is 24.3 Å². The first-order chi connectivity index (χ1) is 18.4. The highest BCUT2D eigenvalue weighted by Crippen LogP contribution is 2.38. The molecule has 3 atom stereocenters. The molecular formula is C29H39FN6O2. The van der Waals surface area contributed by atoms with Crippen molar-refractivity contribution < 1.29 is 14.0 Å². The van der Waals surface area contributed by atoms with Gasteiger partial charge in [-0.3, -0.25) is 9.59 Å². The molecule has 0 radical (unpaired) electrons. The summed E-state index contributed by atoms with van der Waals surface area (Å²) in [6.07, 6.45) is 7.77. The van der Waals surface area contributed by atoms with Crippen molar-refractivity contribution in [1.82, 2.24) is 25.5 Å². The van der Waals surface area contributed by atoms with Crippen LogP contribution < -0.4 is 15.5 Å². The zero-order valence-electron chi connectivity index (χ0n) is 22.7. The summed E-state index contributed by atoms with van der Waals surface area (Å²) in [5, 5.41) is 6.08. The largest absolute Gasteiger partial charge is 0.343 e. The number of aromatic nitrogens is 2. The van der Waals surface area contributed by atoms with Gasteiger partial charge in [0.1, 0.15) is 23.5 Å². The average Bonchev–Trinajstić information content (AvgIpc) is 3.58. The number of fused-ring (bicyclic) bond motifs is 1. The molecule has 5 rings (SSSR count). The van der Waals surface area contributed by atoms with Gasteiger partial charge in [-0.15, -0.1) is 0 Å². The Morgan fingerprint density at radius 3 is 2.61 bits per heavy atom. The SMILES string of the molecule is CNC(C)C(=O)N[C@H](C(=O)N1CCCC1c1cc(N2CCc3ccc(F)cc32)nc(C)n1)C1CCCCC1. The van der Waals surface area contributed by atoms with Crippen molar-refractivity contribution in [2.45, 2.75) is 83.3 Å². The summed E-state index contributed by atoms with van der Waals surface area (Å²) < 4.78 is 14.0. The monoisotopic (exact) mass is 522 g/mol. The van der Waals surface area contributed by atoms with E-state index < -0.39 is 6.04 Å². The number of rotatable bonds is 7. The van der Waals surface area contributed by atoms with Gasteiger partial charge in [0.15, 0.2) is 0 Å². The Morgan fingerprint density at radius 2 is 1.84 bits per heavy atom. The van der Waals surface area contributed by atoms with E-state index in [9.17, 15) is 14.0 Å². The fraction of sp³-hybridized carbons (Fsp3) is 0.586. The van der Waals surface area contributed by atoms with Crippen molar-refractivity contribution in [3.8, 4) is 0 Å². The van der Waals surface area contributed by atoms with E-state index in [2.05, 4.69) is 15.6 Å². The van der Waals surface area contributed by atoms with Gasteiger partial charge in [0, 0.05) is 24.8 Å². The van der Waals surface area contributed by atoms with Crippen molar-refractivity contribution in [2.24, 2.45) is 5.92 Å². The first-order valence-electron chi connectivity index (χ1n) is 14.1. The molecule has 0 spiro atoms. The second-order valence-electron chi connectivity index (χ2n) is 11.0. The van der Waals surface area contributed by atoms with Crippen LogP contribution in [0.5, 0.6) is 0 Å². The lowest BCUT2D eigenvalue weighted by molar-refractivity contribution is -0.139. The Bertz CT molecular complexity index is 1180. The van der Waals surface area contributed by atoms with Crippen LogP contribution in [0.1, 0.15) is 75.0 Å². The Hall–Kier alpha value is -3.07. The summed E-state index contributed by atoms with van der Waals surface area (Å²) in [5.41, 5.74) is 2.75. The molecule has 0 bridgehead atoms. The van der Waals surface area contributed by atoms with Gasteiger partial charge < -0.3 is 20.4 Å². The van der Waals surface area contributed by atoms with Crippen LogP contribution in [0.25, 0.3) is 0 Å². The summed E-state index contributed by atoms with van der Waals surface area (Å²) in [7, 11) is 1.75. The molecule has 2 aromatic rings. The van der Waals surface area contributed by atoms with E-state index >= 15 is 0 Å². The van der Waals surface area contributed by atoms with Crippen LogP contribution in [0, 0.1) is 18.7 Å². The van der Waals surface area contributed by atoms with E-state index in [-0.39, 0.29) is 35.6 Å². The number of aryl methyl sites for hydroxylation is 1. The number of benzene rings is 1. The van der Waals surface area contributed by atoms with Crippen molar-refractivity contribution in [1.29, 1.82) is 0 Å². The third-order valence-corrected chi connectivity index (χ3v) is 8.45. The smallest absolute Gasteiger partial charge is 0.246 e. The molecule has 1 aliphatic carbocycles. The molecule has 2 fully saturated rings. The molecule has 1 aromatic carbocycles. The maximum absolute atomic E-state index is 14.1. The fourth-order valence-corrected chi connectivity index (χ4v) is 6.25. The fourth-order valence-electron chi connectivity index (χ4n) is 6.25. The summed E-state index contributed by atoms with van der Waals surface area (Å²) in [4.78, 5) is 40.4. The molecule has 1 saturated carbocycles. The van der Waals surface area contributed by atoms with Crippen LogP contribution in [-0.4, -0.2) is 58.9 Å². The number of nitrogens with zero attached hydrogens (tertiary/aromatic N) is 4. The molecule has 204 valence electrons. The number of carbonyl (C=O) groups excluding carboxylic acids is 2. The van der Waals surface area contributed by atoms with Crippen molar-refractivity contribution in [3.05, 3.63) is 47.2 Å². The Kier molecular flexibility index (Phi) is 7.93. The normalized spacial score (nSPS) is 21.3. The number of likely N-dealkylation sites (N-methyl/N-ethyl adjacent to an activating group) is 1. The highest BCUT2D eigenvalue weighted by atomic mass is 19.1. The van der Waals surface area contributed by atoms with Crippen LogP contribution in [-0.2, 0) is 16.0 Å². The van der Waals surface area contributed by atoms with E-state index in [0.717, 1.165) is 74.3 Å². The average molecular weight is 523 g/mol. The van der Waals surface area contributed by atoms with Gasteiger partial charge in [-0.05, 0) is 76.6 Å². The summed E-state index contributed by atoms with van der Waals surface area (Å²) in [6.45, 7) is 5.03. The van der Waals surface area contributed by atoms with Gasteiger partial charge in [-0.25, -0.2) is 14.4 Å². The van der Waals surface area contributed by atoms with Gasteiger partial charge in [-0.1, -0.05) is 25.3 Å². The molecular weight excluding hydrogens is 483 g/mol. The van der Waals surface area contributed by atoms with Crippen LogP contribution >= 0.6 is 0 Å². The number of nitrogens with one attached hydrogen (secondary N) is 2. The molecule has 8 nitrogen and oxygen atoms in total. The third kappa shape index (κ3) is 5.39. The second-order valence-corrected chi connectivity index (χ2v) is 11.0. The van der Waals surface area contributed by atoms with Gasteiger partial charge in [0.05, 0.1) is 17.8 Å². The number of carbonyl (C=O) groups is 2. The topological polar surface area (TPSA) is 90.5 Å². The van der Waals surface area contributed by atoms with Crippen molar-refractivity contribution in [2.75, 3.05) is 25.0 Å². The van der Waals surface area contributed by atoms with Crippen LogP contribution in [0.3, 0.4) is 0 Å². The predicted molar refractivity (Wildman–Crippen MR) is 145 cm³/mol. The molecule has 2 aliphatic heterocycles. The quantitative estimate of drug-likeness (QED) is 0.572. The lowest BCUT2D eigenvalue weighted by atomic mass is 9.83. The number of anilines is 2. The highest BCUT2D eigenvalue weighted by Gasteiger charge is 2.40. The zero-order valence-corrected chi connectivity index (χ0v) is 22.7. The standard InChI is InChI=1S/C29H39FN6O2/c1-18(31-3)28(37)34-27(21-8-5-4-6-9-21)29(38)36-14-7-10-24(36)23-17-26(33-19(2)32-23)35-15-13-20-11-12-22(30)16-25(20)35/h11-12,16-18,21,24,27,31H,4-10,13-15H2,1-3H3,(H,34,37)/t18?,24?,27-/m0/s1. The predicted octanol–water partition coefficient (Wildman–Crippen LogP) is 3.95. The van der Waals surface area contributed by atoms with E-state index in [4.69, 9.17) is 4.98 Å². The molecule has 1 aromatic heterocycles. The molecule has 2 unspecified atom stereocenters. The Morgan fingerprint density at radius 1 is 1.05 bits per heavy atom. The molecule has 9 heteroatoms. The van der Waals surface area contributed by atoms with E-state index in [1.54, 1.807) is 13.1 Å². The summed E-state index contributed by atoms with van der Waals surface area (Å²) in [6, 6.07) is 5.78. The molecule has 3 aliphatic rings. The van der Waals surface area contributed by atoms with Crippen LogP contribution in [0.4, 0.5) is 15.9 Å². The van der Waals surface area contributed by atoms with Crippen LogP contribution in [0.2, 0.25) is 0 Å². The number of amides is 2. The lowest BCUT2D eigenvalue weighted by Crippen LogP contribution is -2.55. The first kappa shape index (κ1) is 26.5. The third-order valence-electron chi connectivity index (χ3n) is 8.45. The van der Waals surface area contributed by atoms with Gasteiger partial charge in [-0.2, -0.15) is 0 Å². The van der Waals surface area contributed by atoms with Gasteiger partial charge in [0.25, 0.3) is 0 Å². The lowest BCUT2D eigenvalue weighted by Gasteiger charge is -2.35. The van der Waals surface area contributed by atoms with Crippen molar-refractivity contribution in [3.63, 3.8) is 0 Å². The summed E-state index contributed by atoms with van der Waals surface area (Å²) in [5.74, 6) is 1.08. The summed E-state index contributed by atoms with van der Waals surface area (Å²) >= 11 is 0. The Labute approximate surface area is 224 Å². The van der Waals surface area contributed by atoms with E-state index in [0.29, 0.717) is 12.4 Å². The maximum Gasteiger partial charge on any atom is 0.246 e. The zero-order chi connectivity index (χ0) is 26.8. The number of hydrogen-bond donors (Lipinski definition) is 2. The second kappa shape index (κ2) is 11.4. The minimum absolute atomic E-state index is 0.0116. The minimum atomic E-state index is -0.532.